The maximum absolute atomic E-state index is 13.5. The van der Waals surface area contributed by atoms with E-state index in [1.54, 1.807) is 18.2 Å². The third kappa shape index (κ3) is 4.26. The molecule has 1 saturated heterocycles. The molecule has 2 aliphatic rings. The maximum atomic E-state index is 13.5. The maximum Gasteiger partial charge on any atom is 0.461 e. The van der Waals surface area contributed by atoms with Crippen LogP contribution < -0.4 is 10.1 Å². The van der Waals surface area contributed by atoms with E-state index in [0.29, 0.717) is 11.5 Å². The molecule has 2 fully saturated rings. The van der Waals surface area contributed by atoms with Gasteiger partial charge in [-0.15, -0.1) is 0 Å². The number of alkyl halides is 4. The second-order valence-electron chi connectivity index (χ2n) is 6.78. The number of nitrogens with zero attached hydrogens (tertiary/aromatic N) is 1. The fourth-order valence-electron chi connectivity index (χ4n) is 3.99. The van der Waals surface area contributed by atoms with Gasteiger partial charge in [-0.25, -0.2) is 0 Å². The Morgan fingerprint density at radius 3 is 2.36 bits per heavy atom. The van der Waals surface area contributed by atoms with Gasteiger partial charge < -0.3 is 10.1 Å². The van der Waals surface area contributed by atoms with Crippen LogP contribution in [0.5, 0.6) is 5.75 Å². The van der Waals surface area contributed by atoms with E-state index < -0.39 is 12.5 Å². The summed E-state index contributed by atoms with van der Waals surface area (Å²) >= 11 is 0. The predicted octanol–water partition coefficient (Wildman–Crippen LogP) is 4.06. The van der Waals surface area contributed by atoms with Crippen molar-refractivity contribution in [2.75, 3.05) is 26.2 Å². The molecule has 0 aromatic heterocycles. The van der Waals surface area contributed by atoms with Crippen molar-refractivity contribution >= 4 is 0 Å². The molecule has 3 rings (SSSR count). The largest absolute Gasteiger partial charge is 0.461 e. The van der Waals surface area contributed by atoms with E-state index in [2.05, 4.69) is 15.0 Å². The normalized spacial score (nSPS) is 21.6. The molecule has 25 heavy (non-hydrogen) atoms. The fourth-order valence-corrected chi connectivity index (χ4v) is 3.99. The average Bonchev–Trinajstić information content (AvgIpc) is 3.11. The molecule has 1 aromatic rings. The number of para-hydroxylation sites is 1. The number of hydrogen-bond donors (Lipinski definition) is 1. The topological polar surface area (TPSA) is 24.5 Å². The zero-order valence-electron chi connectivity index (χ0n) is 14.1. The molecule has 1 N–H and O–H groups in total. The summed E-state index contributed by atoms with van der Waals surface area (Å²) in [6.45, 7) is 3.28. The monoisotopic (exact) mass is 360 g/mol. The molecule has 1 aliphatic heterocycles. The molecule has 1 aromatic carbocycles. The highest BCUT2D eigenvalue weighted by Crippen LogP contribution is 2.43. The van der Waals surface area contributed by atoms with Crippen molar-refractivity contribution in [2.45, 2.75) is 44.3 Å². The quantitative estimate of drug-likeness (QED) is 0.775. The van der Waals surface area contributed by atoms with E-state index in [1.165, 1.54) is 6.07 Å². The van der Waals surface area contributed by atoms with Gasteiger partial charge in [0.1, 0.15) is 5.75 Å². The molecular weight excluding hydrogens is 336 g/mol. The van der Waals surface area contributed by atoms with Crippen molar-refractivity contribution in [3.63, 3.8) is 0 Å². The Labute approximate surface area is 145 Å². The van der Waals surface area contributed by atoms with Crippen LogP contribution in [0.2, 0.25) is 0 Å². The van der Waals surface area contributed by atoms with Crippen molar-refractivity contribution < 1.29 is 22.3 Å². The van der Waals surface area contributed by atoms with Crippen LogP contribution >= 0.6 is 0 Å². The van der Waals surface area contributed by atoms with Gasteiger partial charge in [0.15, 0.2) is 0 Å². The van der Waals surface area contributed by atoms with Gasteiger partial charge in [-0.3, -0.25) is 4.90 Å². The summed E-state index contributed by atoms with van der Waals surface area (Å²) < 4.78 is 56.7. The summed E-state index contributed by atoms with van der Waals surface area (Å²) in [5, 5.41) is 3.29. The standard InChI is InChI=1S/C18H24F4N2O/c19-17(20)18(21,22)25-15-8-4-3-7-14(15)16(13-5-1-2-6-13)24-11-9-23-10-12-24/h3-4,7-8,13,16-17,23H,1-2,5-6,9-12H2/t16-/m1/s1. The highest BCUT2D eigenvalue weighted by Gasteiger charge is 2.45. The van der Waals surface area contributed by atoms with Gasteiger partial charge in [0.05, 0.1) is 0 Å². The Kier molecular flexibility index (Phi) is 5.84. The number of rotatable bonds is 6. The lowest BCUT2D eigenvalue weighted by Gasteiger charge is -2.39. The predicted molar refractivity (Wildman–Crippen MR) is 87.2 cm³/mol. The molecule has 0 spiro atoms. The summed E-state index contributed by atoms with van der Waals surface area (Å²) in [6, 6.07) is 6.34. The first-order chi connectivity index (χ1) is 12.0. The molecule has 0 bridgehead atoms. The van der Waals surface area contributed by atoms with Crippen molar-refractivity contribution in [1.29, 1.82) is 0 Å². The Hall–Kier alpha value is -1.34. The molecule has 0 radical (unpaired) electrons. The third-order valence-corrected chi connectivity index (χ3v) is 5.13. The van der Waals surface area contributed by atoms with Crippen LogP contribution in [0, 0.1) is 5.92 Å². The molecule has 1 atom stereocenters. The lowest BCUT2D eigenvalue weighted by atomic mass is 9.89. The molecule has 7 heteroatoms. The number of hydrogen-bond acceptors (Lipinski definition) is 3. The summed E-state index contributed by atoms with van der Waals surface area (Å²) in [6.07, 6.45) is -4.07. The van der Waals surface area contributed by atoms with Gasteiger partial charge in [0.2, 0.25) is 0 Å². The number of halogens is 4. The minimum absolute atomic E-state index is 0.0747. The van der Waals surface area contributed by atoms with Crippen LogP contribution in [0.1, 0.15) is 37.3 Å². The zero-order valence-corrected chi connectivity index (χ0v) is 14.1. The van der Waals surface area contributed by atoms with Crippen molar-refractivity contribution in [3.05, 3.63) is 29.8 Å². The van der Waals surface area contributed by atoms with Gasteiger partial charge in [-0.05, 0) is 24.8 Å². The van der Waals surface area contributed by atoms with Gasteiger partial charge in [0, 0.05) is 37.8 Å². The second kappa shape index (κ2) is 7.91. The van der Waals surface area contributed by atoms with Crippen LogP contribution in [0.3, 0.4) is 0 Å². The number of piperazine rings is 1. The lowest BCUT2D eigenvalue weighted by Crippen LogP contribution is -2.47. The number of benzene rings is 1. The van der Waals surface area contributed by atoms with E-state index in [0.717, 1.165) is 51.9 Å². The summed E-state index contributed by atoms with van der Waals surface area (Å²) in [7, 11) is 0. The first-order valence-corrected chi connectivity index (χ1v) is 8.87. The van der Waals surface area contributed by atoms with Gasteiger partial charge in [-0.2, -0.15) is 17.6 Å². The Bertz CT molecular complexity index is 558. The SMILES string of the molecule is FC(F)C(F)(F)Oc1ccccc1[C@@H](C1CCCC1)N1CCNCC1. The van der Waals surface area contributed by atoms with Crippen molar-refractivity contribution in [2.24, 2.45) is 5.92 Å². The number of nitrogens with one attached hydrogen (secondary N) is 1. The minimum Gasteiger partial charge on any atom is -0.428 e. The molecule has 140 valence electrons. The van der Waals surface area contributed by atoms with Crippen molar-refractivity contribution in [3.8, 4) is 5.75 Å². The molecule has 0 amide bonds. The van der Waals surface area contributed by atoms with Crippen molar-refractivity contribution in [1.82, 2.24) is 10.2 Å². The van der Waals surface area contributed by atoms with E-state index in [4.69, 9.17) is 0 Å². The highest BCUT2D eigenvalue weighted by atomic mass is 19.3. The summed E-state index contributed by atoms with van der Waals surface area (Å²) in [4.78, 5) is 2.27. The molecular formula is C18H24F4N2O. The first-order valence-electron chi connectivity index (χ1n) is 8.87. The fraction of sp³-hybridized carbons (Fsp3) is 0.667. The molecule has 3 nitrogen and oxygen atoms in total. The van der Waals surface area contributed by atoms with Gasteiger partial charge in [-0.1, -0.05) is 31.0 Å². The van der Waals surface area contributed by atoms with Crippen LogP contribution in [0.15, 0.2) is 24.3 Å². The first kappa shape index (κ1) is 18.5. The Morgan fingerprint density at radius 2 is 1.72 bits per heavy atom. The highest BCUT2D eigenvalue weighted by molar-refractivity contribution is 5.37. The lowest BCUT2D eigenvalue weighted by molar-refractivity contribution is -0.253. The van der Waals surface area contributed by atoms with Crippen LogP contribution in [0.25, 0.3) is 0 Å². The van der Waals surface area contributed by atoms with Gasteiger partial charge >= 0.3 is 12.5 Å². The zero-order chi connectivity index (χ0) is 17.9. The van der Waals surface area contributed by atoms with E-state index in [1.807, 2.05) is 0 Å². The van der Waals surface area contributed by atoms with Gasteiger partial charge in [0.25, 0.3) is 0 Å². The smallest absolute Gasteiger partial charge is 0.428 e. The Morgan fingerprint density at radius 1 is 1.08 bits per heavy atom. The van der Waals surface area contributed by atoms with E-state index >= 15 is 0 Å². The van der Waals surface area contributed by atoms with Crippen LogP contribution in [-0.4, -0.2) is 43.6 Å². The molecule has 1 saturated carbocycles. The van der Waals surface area contributed by atoms with Crippen LogP contribution in [-0.2, 0) is 0 Å². The number of ether oxygens (including phenoxy) is 1. The summed E-state index contributed by atoms with van der Waals surface area (Å²) in [5.41, 5.74) is 0.594. The average molecular weight is 360 g/mol. The van der Waals surface area contributed by atoms with E-state index in [-0.39, 0.29) is 11.8 Å². The molecule has 1 aliphatic carbocycles. The van der Waals surface area contributed by atoms with Crippen LogP contribution in [0.4, 0.5) is 17.6 Å². The van der Waals surface area contributed by atoms with E-state index in [9.17, 15) is 17.6 Å². The summed E-state index contributed by atoms with van der Waals surface area (Å²) in [5.74, 6) is 0.200. The molecule has 0 unspecified atom stereocenters. The second-order valence-corrected chi connectivity index (χ2v) is 6.78. The Balaban J connectivity index is 1.92. The minimum atomic E-state index is -4.49. The third-order valence-electron chi connectivity index (χ3n) is 5.13. The molecule has 1 heterocycles.